The fraction of sp³-hybridized carbons (Fsp3) is 0.250. The Hall–Kier alpha value is -2.96. The number of aromatic nitrogens is 1. The molecule has 1 heterocycles. The van der Waals surface area contributed by atoms with Crippen molar-refractivity contribution in [1.29, 1.82) is 0 Å². The van der Waals surface area contributed by atoms with Crippen molar-refractivity contribution in [3.05, 3.63) is 54.2 Å². The third-order valence-electron chi connectivity index (χ3n) is 4.10. The van der Waals surface area contributed by atoms with Gasteiger partial charge in [0.1, 0.15) is 5.75 Å². The summed E-state index contributed by atoms with van der Waals surface area (Å²) in [6.07, 6.45) is -3.23. The number of ether oxygens (including phenoxy) is 1. The number of halogens is 3. The van der Waals surface area contributed by atoms with Crippen molar-refractivity contribution in [3.63, 3.8) is 0 Å². The van der Waals surface area contributed by atoms with Crippen LogP contribution in [0.2, 0.25) is 0 Å². The topological polar surface area (TPSA) is 51.5 Å². The molecule has 3 aromatic rings. The summed E-state index contributed by atoms with van der Waals surface area (Å²) in [4.78, 5) is 11.5. The second-order valence-corrected chi connectivity index (χ2v) is 6.67. The normalized spacial score (nSPS) is 11.9. The van der Waals surface area contributed by atoms with Crippen LogP contribution >= 0.6 is 0 Å². The maximum Gasteiger partial charge on any atom is 0.573 e. The molecule has 0 spiro atoms. The van der Waals surface area contributed by atoms with Gasteiger partial charge in [-0.2, -0.15) is 0 Å². The molecule has 142 valence electrons. The predicted molar refractivity (Wildman–Crippen MR) is 95.9 cm³/mol. The number of carboxylic acid groups (broad SMARTS) is 1. The van der Waals surface area contributed by atoms with Crippen molar-refractivity contribution in [3.8, 4) is 16.9 Å². The van der Waals surface area contributed by atoms with Gasteiger partial charge >= 0.3 is 12.3 Å². The number of fused-ring (bicyclic) bond motifs is 1. The number of carbonyl (C=O) groups is 1. The Balaban J connectivity index is 2.16. The first-order valence-corrected chi connectivity index (χ1v) is 8.37. The van der Waals surface area contributed by atoms with Crippen molar-refractivity contribution in [1.82, 2.24) is 4.57 Å². The van der Waals surface area contributed by atoms with Crippen molar-refractivity contribution in [2.45, 2.75) is 26.8 Å². The standard InChI is InChI=1S/C20H18F3NO3/c1-12(2)10-24-11-16(19(25)26)15-8-7-13(9-17(15)24)14-5-3-4-6-18(14)27-20(21,22)23/h3-9,11-12H,10H2,1-2H3,(H,25,26). The second-order valence-electron chi connectivity index (χ2n) is 6.67. The quantitative estimate of drug-likeness (QED) is 0.633. The van der Waals surface area contributed by atoms with Crippen LogP contribution in [0, 0.1) is 5.92 Å². The zero-order valence-electron chi connectivity index (χ0n) is 14.7. The van der Waals surface area contributed by atoms with E-state index in [-0.39, 0.29) is 22.8 Å². The van der Waals surface area contributed by atoms with Crippen LogP contribution in [0.15, 0.2) is 48.7 Å². The molecule has 0 saturated carbocycles. The van der Waals surface area contributed by atoms with E-state index in [1.807, 2.05) is 18.4 Å². The van der Waals surface area contributed by atoms with Gasteiger partial charge in [0.2, 0.25) is 0 Å². The fourth-order valence-corrected chi connectivity index (χ4v) is 3.09. The molecular formula is C20H18F3NO3. The monoisotopic (exact) mass is 377 g/mol. The van der Waals surface area contributed by atoms with Crippen LogP contribution in [0.25, 0.3) is 22.0 Å². The number of carboxylic acids is 1. The molecule has 0 aliphatic carbocycles. The molecule has 0 fully saturated rings. The molecule has 0 amide bonds. The second kappa shape index (κ2) is 6.98. The van der Waals surface area contributed by atoms with E-state index in [9.17, 15) is 23.1 Å². The highest BCUT2D eigenvalue weighted by atomic mass is 19.4. The van der Waals surface area contributed by atoms with Gasteiger partial charge in [-0.25, -0.2) is 4.79 Å². The van der Waals surface area contributed by atoms with Crippen LogP contribution in [-0.2, 0) is 6.54 Å². The minimum absolute atomic E-state index is 0.164. The van der Waals surface area contributed by atoms with E-state index in [0.717, 1.165) is 0 Å². The molecular weight excluding hydrogens is 359 g/mol. The van der Waals surface area contributed by atoms with Crippen LogP contribution in [0.5, 0.6) is 5.75 Å². The van der Waals surface area contributed by atoms with Crippen molar-refractivity contribution >= 4 is 16.9 Å². The third-order valence-corrected chi connectivity index (χ3v) is 4.10. The summed E-state index contributed by atoms with van der Waals surface area (Å²) in [5.74, 6) is -1.08. The van der Waals surface area contributed by atoms with Crippen molar-refractivity contribution < 1.29 is 27.8 Å². The fourth-order valence-electron chi connectivity index (χ4n) is 3.09. The Bertz CT molecular complexity index is 990. The molecule has 0 radical (unpaired) electrons. The van der Waals surface area contributed by atoms with E-state index >= 15 is 0 Å². The first kappa shape index (κ1) is 18.8. The summed E-state index contributed by atoms with van der Waals surface area (Å²) >= 11 is 0. The largest absolute Gasteiger partial charge is 0.573 e. The number of benzene rings is 2. The van der Waals surface area contributed by atoms with Gasteiger partial charge < -0.3 is 14.4 Å². The molecule has 3 rings (SSSR count). The van der Waals surface area contributed by atoms with Crippen molar-refractivity contribution in [2.75, 3.05) is 0 Å². The molecule has 0 atom stereocenters. The van der Waals surface area contributed by atoms with Gasteiger partial charge in [0.05, 0.1) is 5.56 Å². The third kappa shape index (κ3) is 4.07. The van der Waals surface area contributed by atoms with E-state index in [4.69, 9.17) is 0 Å². The number of hydrogen-bond acceptors (Lipinski definition) is 2. The summed E-state index contributed by atoms with van der Waals surface area (Å²) < 4.78 is 44.1. The van der Waals surface area contributed by atoms with Crippen LogP contribution in [-0.4, -0.2) is 22.0 Å². The SMILES string of the molecule is CC(C)Cn1cc(C(=O)O)c2ccc(-c3ccccc3OC(F)(F)F)cc21. The summed E-state index contributed by atoms with van der Waals surface area (Å²) in [6, 6.07) is 10.8. The molecule has 1 aromatic heterocycles. The first-order valence-electron chi connectivity index (χ1n) is 8.37. The average molecular weight is 377 g/mol. The zero-order valence-corrected chi connectivity index (χ0v) is 14.7. The van der Waals surface area contributed by atoms with Crippen LogP contribution in [0.1, 0.15) is 24.2 Å². The van der Waals surface area contributed by atoms with Gasteiger partial charge in [-0.15, -0.1) is 13.2 Å². The Morgan fingerprint density at radius 3 is 2.52 bits per heavy atom. The Labute approximate surface area is 153 Å². The summed E-state index contributed by atoms with van der Waals surface area (Å²) in [7, 11) is 0. The van der Waals surface area contributed by atoms with Crippen LogP contribution in [0.3, 0.4) is 0 Å². The molecule has 0 saturated heterocycles. The summed E-state index contributed by atoms with van der Waals surface area (Å²) in [5.41, 5.74) is 1.62. The van der Waals surface area contributed by atoms with Gasteiger partial charge in [-0.1, -0.05) is 44.2 Å². The lowest BCUT2D eigenvalue weighted by Gasteiger charge is -2.14. The van der Waals surface area contributed by atoms with Crippen molar-refractivity contribution in [2.24, 2.45) is 5.92 Å². The molecule has 1 N–H and O–H groups in total. The minimum Gasteiger partial charge on any atom is -0.478 e. The number of para-hydroxylation sites is 1. The van der Waals surface area contributed by atoms with Gasteiger partial charge in [-0.05, 0) is 23.6 Å². The average Bonchev–Trinajstić information content (AvgIpc) is 2.91. The van der Waals surface area contributed by atoms with E-state index in [1.54, 1.807) is 30.5 Å². The summed E-state index contributed by atoms with van der Waals surface area (Å²) in [6.45, 7) is 4.60. The Kier molecular flexibility index (Phi) is 4.87. The highest BCUT2D eigenvalue weighted by molar-refractivity contribution is 6.04. The maximum atomic E-state index is 12.7. The lowest BCUT2D eigenvalue weighted by Crippen LogP contribution is -2.17. The van der Waals surface area contributed by atoms with E-state index in [2.05, 4.69) is 4.74 Å². The van der Waals surface area contributed by atoms with Crippen LogP contribution in [0.4, 0.5) is 13.2 Å². The smallest absolute Gasteiger partial charge is 0.478 e. The van der Waals surface area contributed by atoms with E-state index < -0.39 is 12.3 Å². The molecule has 0 unspecified atom stereocenters. The van der Waals surface area contributed by atoms with E-state index in [1.165, 1.54) is 18.2 Å². The lowest BCUT2D eigenvalue weighted by molar-refractivity contribution is -0.274. The Morgan fingerprint density at radius 2 is 1.89 bits per heavy atom. The molecule has 0 aliphatic heterocycles. The number of rotatable bonds is 5. The number of aromatic carboxylic acids is 1. The number of alkyl halides is 3. The maximum absolute atomic E-state index is 12.7. The molecule has 0 aliphatic rings. The number of nitrogens with zero attached hydrogens (tertiary/aromatic N) is 1. The van der Waals surface area contributed by atoms with Gasteiger partial charge in [0, 0.05) is 29.2 Å². The zero-order chi connectivity index (χ0) is 19.8. The van der Waals surface area contributed by atoms with Gasteiger partial charge in [0.15, 0.2) is 0 Å². The molecule has 4 nitrogen and oxygen atoms in total. The lowest BCUT2D eigenvalue weighted by atomic mass is 10.0. The first-order chi connectivity index (χ1) is 12.7. The van der Waals surface area contributed by atoms with Gasteiger partial charge in [-0.3, -0.25) is 0 Å². The molecule has 2 aromatic carbocycles. The Morgan fingerprint density at radius 1 is 1.19 bits per heavy atom. The molecule has 27 heavy (non-hydrogen) atoms. The van der Waals surface area contributed by atoms with Gasteiger partial charge in [0.25, 0.3) is 0 Å². The summed E-state index contributed by atoms with van der Waals surface area (Å²) in [5, 5.41) is 9.97. The molecule has 0 bridgehead atoms. The highest BCUT2D eigenvalue weighted by Crippen LogP contribution is 2.36. The number of hydrogen-bond donors (Lipinski definition) is 1. The van der Waals surface area contributed by atoms with Crippen LogP contribution < -0.4 is 4.74 Å². The predicted octanol–water partition coefficient (Wildman–Crippen LogP) is 5.56. The van der Waals surface area contributed by atoms with E-state index in [0.29, 0.717) is 23.0 Å². The molecule has 7 heteroatoms. The highest BCUT2D eigenvalue weighted by Gasteiger charge is 2.32. The minimum atomic E-state index is -4.80.